The average Bonchev–Trinajstić information content (AvgIpc) is 3.42. The molecule has 0 unspecified atom stereocenters. The Morgan fingerprint density at radius 1 is 0.425 bits per heavy atom. The third-order valence-corrected chi connectivity index (χ3v) is 7.82. The van der Waals surface area contributed by atoms with Crippen molar-refractivity contribution in [1.82, 2.24) is 0 Å². The predicted octanol–water partition coefficient (Wildman–Crippen LogP) is 11.0. The zero-order chi connectivity index (χ0) is 26.5. The Bertz CT molecular complexity index is 2170. The Morgan fingerprint density at radius 3 is 1.98 bits per heavy atom. The van der Waals surface area contributed by atoms with Gasteiger partial charge in [-0.3, -0.25) is 0 Å². The highest BCUT2D eigenvalue weighted by molar-refractivity contribution is 6.24. The zero-order valence-electron chi connectivity index (χ0n) is 21.8. The molecule has 0 radical (unpaired) electrons. The zero-order valence-corrected chi connectivity index (χ0v) is 21.8. The molecule has 0 aliphatic heterocycles. The van der Waals surface area contributed by atoms with Gasteiger partial charge in [0.2, 0.25) is 0 Å². The van der Waals surface area contributed by atoms with Crippen LogP contribution in [0.2, 0.25) is 0 Å². The Balaban J connectivity index is 1.23. The van der Waals surface area contributed by atoms with Gasteiger partial charge in [0.25, 0.3) is 0 Å². The smallest absolute Gasteiger partial charge is 0.158 e. The number of nitrogens with one attached hydrogen (secondary N) is 1. The molecule has 0 aliphatic rings. The fraction of sp³-hybridized carbons (Fsp3) is 0. The Hall–Kier alpha value is -5.34. The molecule has 0 saturated carbocycles. The summed E-state index contributed by atoms with van der Waals surface area (Å²) in [4.78, 5) is 0. The van der Waals surface area contributed by atoms with Gasteiger partial charge in [0.1, 0.15) is 5.58 Å². The highest BCUT2D eigenvalue weighted by Crippen LogP contribution is 2.43. The minimum absolute atomic E-state index is 0.865. The molecule has 2 nitrogen and oxygen atoms in total. The van der Waals surface area contributed by atoms with Crippen molar-refractivity contribution in [3.63, 3.8) is 0 Å². The van der Waals surface area contributed by atoms with Crippen molar-refractivity contribution >= 4 is 54.9 Å². The van der Waals surface area contributed by atoms with Crippen LogP contribution < -0.4 is 5.32 Å². The molecule has 0 fully saturated rings. The Kier molecular flexibility index (Phi) is 5.17. The van der Waals surface area contributed by atoms with E-state index in [4.69, 9.17) is 4.42 Å². The van der Waals surface area contributed by atoms with Crippen LogP contribution in [0.4, 0.5) is 11.4 Å². The van der Waals surface area contributed by atoms with Crippen molar-refractivity contribution in [2.75, 3.05) is 5.32 Å². The summed E-state index contributed by atoms with van der Waals surface area (Å²) in [6.45, 7) is 0. The third kappa shape index (κ3) is 3.73. The van der Waals surface area contributed by atoms with Gasteiger partial charge in [-0.25, -0.2) is 0 Å². The summed E-state index contributed by atoms with van der Waals surface area (Å²) in [5.41, 5.74) is 8.42. The van der Waals surface area contributed by atoms with Crippen LogP contribution in [0.25, 0.3) is 65.7 Å². The quantitative estimate of drug-likeness (QED) is 0.254. The summed E-state index contributed by atoms with van der Waals surface area (Å²) in [5.74, 6) is 0. The second-order valence-electron chi connectivity index (χ2n) is 10.3. The lowest BCUT2D eigenvalue weighted by atomic mass is 9.96. The Labute approximate surface area is 232 Å². The van der Waals surface area contributed by atoms with Crippen LogP contribution in [-0.4, -0.2) is 0 Å². The van der Waals surface area contributed by atoms with Gasteiger partial charge in [-0.2, -0.15) is 0 Å². The minimum atomic E-state index is 0.865. The first kappa shape index (κ1) is 22.6. The SMILES string of the molecule is c1ccc(-c2cc3ccccc3c3c2oc2c(Nc4ccc(-c5ccc6ccccc6c5)cc4)cccc23)cc1. The standard InChI is InChI=1S/C38H25NO/c1-2-10-27(11-3-1)34-24-30-13-6-7-14-32(30)36-33-15-8-16-35(37(33)40-38(34)36)39-31-21-19-26(20-22-31)29-18-17-25-9-4-5-12-28(25)23-29/h1-24,39H. The molecule has 0 saturated heterocycles. The molecule has 1 aromatic heterocycles. The number of para-hydroxylation sites is 1. The molecule has 188 valence electrons. The number of hydrogen-bond acceptors (Lipinski definition) is 2. The summed E-state index contributed by atoms with van der Waals surface area (Å²) in [5, 5.41) is 10.8. The maximum absolute atomic E-state index is 6.72. The van der Waals surface area contributed by atoms with Gasteiger partial charge in [-0.15, -0.1) is 0 Å². The largest absolute Gasteiger partial charge is 0.453 e. The van der Waals surface area contributed by atoms with E-state index in [1.807, 2.05) is 6.07 Å². The van der Waals surface area contributed by atoms with Crippen LogP contribution in [0.3, 0.4) is 0 Å². The van der Waals surface area contributed by atoms with Gasteiger partial charge >= 0.3 is 0 Å². The van der Waals surface area contributed by atoms with E-state index in [9.17, 15) is 0 Å². The van der Waals surface area contributed by atoms with Gasteiger partial charge in [0, 0.05) is 22.0 Å². The van der Waals surface area contributed by atoms with E-state index < -0.39 is 0 Å². The average molecular weight is 512 g/mol. The fourth-order valence-electron chi connectivity index (χ4n) is 5.85. The lowest BCUT2D eigenvalue weighted by Crippen LogP contribution is -1.90. The molecule has 40 heavy (non-hydrogen) atoms. The van der Waals surface area contributed by atoms with E-state index >= 15 is 0 Å². The monoisotopic (exact) mass is 511 g/mol. The van der Waals surface area contributed by atoms with E-state index in [0.29, 0.717) is 0 Å². The van der Waals surface area contributed by atoms with E-state index in [1.54, 1.807) is 0 Å². The van der Waals surface area contributed by atoms with Crippen molar-refractivity contribution in [3.05, 3.63) is 146 Å². The second kappa shape index (κ2) is 9.14. The molecule has 0 atom stereocenters. The highest BCUT2D eigenvalue weighted by atomic mass is 16.3. The molecule has 0 bridgehead atoms. The number of hydrogen-bond donors (Lipinski definition) is 1. The summed E-state index contributed by atoms with van der Waals surface area (Å²) in [6.07, 6.45) is 0. The number of furan rings is 1. The van der Waals surface area contributed by atoms with Crippen LogP contribution in [0.1, 0.15) is 0 Å². The lowest BCUT2D eigenvalue weighted by molar-refractivity contribution is 0.671. The van der Waals surface area contributed by atoms with Crippen molar-refractivity contribution < 1.29 is 4.42 Å². The van der Waals surface area contributed by atoms with Crippen LogP contribution >= 0.6 is 0 Å². The van der Waals surface area contributed by atoms with E-state index in [0.717, 1.165) is 44.4 Å². The van der Waals surface area contributed by atoms with E-state index in [-0.39, 0.29) is 0 Å². The van der Waals surface area contributed by atoms with Crippen molar-refractivity contribution in [2.24, 2.45) is 0 Å². The Morgan fingerprint density at radius 2 is 1.12 bits per heavy atom. The highest BCUT2D eigenvalue weighted by Gasteiger charge is 2.18. The maximum Gasteiger partial charge on any atom is 0.158 e. The molecule has 1 heterocycles. The summed E-state index contributed by atoms with van der Waals surface area (Å²) < 4.78 is 6.72. The number of rotatable bonds is 4. The number of anilines is 2. The van der Waals surface area contributed by atoms with Gasteiger partial charge in [-0.05, 0) is 68.6 Å². The summed E-state index contributed by atoms with van der Waals surface area (Å²) in [6, 6.07) is 51.4. The molecule has 1 N–H and O–H groups in total. The van der Waals surface area contributed by atoms with Crippen molar-refractivity contribution in [2.45, 2.75) is 0 Å². The van der Waals surface area contributed by atoms with Crippen LogP contribution in [0.5, 0.6) is 0 Å². The molecular weight excluding hydrogens is 486 g/mol. The molecule has 0 spiro atoms. The third-order valence-electron chi connectivity index (χ3n) is 7.82. The molecule has 8 aromatic rings. The van der Waals surface area contributed by atoms with Gasteiger partial charge < -0.3 is 9.73 Å². The second-order valence-corrected chi connectivity index (χ2v) is 10.3. The van der Waals surface area contributed by atoms with Gasteiger partial charge in [-0.1, -0.05) is 115 Å². The molecular formula is C38H25NO. The van der Waals surface area contributed by atoms with Crippen LogP contribution in [0, 0.1) is 0 Å². The maximum atomic E-state index is 6.72. The molecule has 0 aliphatic carbocycles. The number of fused-ring (bicyclic) bond motifs is 6. The molecule has 2 heteroatoms. The van der Waals surface area contributed by atoms with Crippen LogP contribution in [-0.2, 0) is 0 Å². The first-order chi connectivity index (χ1) is 19.8. The predicted molar refractivity (Wildman–Crippen MR) is 169 cm³/mol. The minimum Gasteiger partial charge on any atom is -0.453 e. The fourth-order valence-corrected chi connectivity index (χ4v) is 5.85. The van der Waals surface area contributed by atoms with E-state index in [1.165, 1.54) is 32.7 Å². The molecule has 0 amide bonds. The topological polar surface area (TPSA) is 25.2 Å². The van der Waals surface area contributed by atoms with Crippen molar-refractivity contribution in [1.29, 1.82) is 0 Å². The van der Waals surface area contributed by atoms with Crippen LogP contribution in [0.15, 0.2) is 150 Å². The van der Waals surface area contributed by atoms with Gasteiger partial charge in [0.15, 0.2) is 5.58 Å². The van der Waals surface area contributed by atoms with Crippen molar-refractivity contribution in [3.8, 4) is 22.3 Å². The molecule has 7 aromatic carbocycles. The normalized spacial score (nSPS) is 11.5. The number of benzene rings is 7. The van der Waals surface area contributed by atoms with Gasteiger partial charge in [0.05, 0.1) is 5.69 Å². The van der Waals surface area contributed by atoms with E-state index in [2.05, 4.69) is 145 Å². The first-order valence-electron chi connectivity index (χ1n) is 13.6. The molecule has 8 rings (SSSR count). The first-order valence-corrected chi connectivity index (χ1v) is 13.6. The summed E-state index contributed by atoms with van der Waals surface area (Å²) in [7, 11) is 0. The lowest BCUT2D eigenvalue weighted by Gasteiger charge is -2.09. The summed E-state index contributed by atoms with van der Waals surface area (Å²) >= 11 is 0.